The molecule has 0 atom stereocenters. The smallest absolute Gasteiger partial charge is 0.170 e. The molecule has 0 unspecified atom stereocenters. The van der Waals surface area contributed by atoms with E-state index >= 15 is 0 Å². The predicted molar refractivity (Wildman–Crippen MR) is 71.8 cm³/mol. The summed E-state index contributed by atoms with van der Waals surface area (Å²) in [6.07, 6.45) is 5.01. The van der Waals surface area contributed by atoms with Gasteiger partial charge in [0.15, 0.2) is 5.78 Å². The van der Waals surface area contributed by atoms with Gasteiger partial charge in [0.05, 0.1) is 6.42 Å². The van der Waals surface area contributed by atoms with Gasteiger partial charge in [-0.25, -0.2) is 4.98 Å². The summed E-state index contributed by atoms with van der Waals surface area (Å²) in [5.74, 6) is 0.959. The third kappa shape index (κ3) is 2.67. The van der Waals surface area contributed by atoms with Gasteiger partial charge in [0, 0.05) is 24.5 Å². The van der Waals surface area contributed by atoms with E-state index in [0.29, 0.717) is 6.42 Å². The average Bonchev–Trinajstić information content (AvgIpc) is 2.86. The number of hydrogen-bond acceptors (Lipinski definition) is 2. The van der Waals surface area contributed by atoms with Gasteiger partial charge in [-0.3, -0.25) is 4.79 Å². The van der Waals surface area contributed by atoms with Crippen LogP contribution in [-0.4, -0.2) is 15.3 Å². The molecule has 1 heterocycles. The Morgan fingerprint density at radius 2 is 1.94 bits per heavy atom. The van der Waals surface area contributed by atoms with Gasteiger partial charge in [-0.05, 0) is 18.9 Å². The molecule has 1 aromatic carbocycles. The van der Waals surface area contributed by atoms with Crippen molar-refractivity contribution >= 4 is 5.78 Å². The van der Waals surface area contributed by atoms with E-state index in [1.54, 1.807) is 6.20 Å². The van der Waals surface area contributed by atoms with Crippen LogP contribution >= 0.6 is 0 Å². The summed E-state index contributed by atoms with van der Waals surface area (Å²) in [6, 6.07) is 7.83. The Balaban J connectivity index is 2.11. The van der Waals surface area contributed by atoms with E-state index in [4.69, 9.17) is 0 Å². The monoisotopic (exact) mass is 242 g/mol. The average molecular weight is 242 g/mol. The van der Waals surface area contributed by atoms with Crippen LogP contribution in [0.5, 0.6) is 0 Å². The first kappa shape index (κ1) is 12.6. The van der Waals surface area contributed by atoms with Crippen molar-refractivity contribution in [1.29, 1.82) is 0 Å². The molecular formula is C15H18N2O. The van der Waals surface area contributed by atoms with Crippen molar-refractivity contribution in [3.8, 4) is 0 Å². The molecule has 0 N–H and O–H groups in total. The Kier molecular flexibility index (Phi) is 3.92. The van der Waals surface area contributed by atoms with E-state index in [9.17, 15) is 4.79 Å². The lowest BCUT2D eigenvalue weighted by molar-refractivity contribution is 0.0990. The Labute approximate surface area is 107 Å². The van der Waals surface area contributed by atoms with Crippen molar-refractivity contribution in [2.24, 2.45) is 0 Å². The molecule has 0 amide bonds. The van der Waals surface area contributed by atoms with E-state index < -0.39 is 0 Å². The molecule has 2 rings (SSSR count). The number of carbonyl (C=O) groups is 1. The minimum absolute atomic E-state index is 0.124. The van der Waals surface area contributed by atoms with Crippen LogP contribution in [0.4, 0.5) is 0 Å². The maximum atomic E-state index is 12.1. The molecule has 0 aliphatic carbocycles. The van der Waals surface area contributed by atoms with Crippen LogP contribution < -0.4 is 0 Å². The van der Waals surface area contributed by atoms with Crippen molar-refractivity contribution in [2.75, 3.05) is 0 Å². The van der Waals surface area contributed by atoms with Gasteiger partial charge in [0.1, 0.15) is 5.82 Å². The number of rotatable bonds is 5. The number of carbonyl (C=O) groups excluding carboxylic acids is 1. The molecule has 94 valence electrons. The highest BCUT2D eigenvalue weighted by Crippen LogP contribution is 2.09. The molecule has 3 nitrogen and oxygen atoms in total. The molecule has 0 saturated carbocycles. The summed E-state index contributed by atoms with van der Waals surface area (Å²) < 4.78 is 2.00. The molecule has 18 heavy (non-hydrogen) atoms. The second-order valence-corrected chi connectivity index (χ2v) is 4.28. The highest BCUT2D eigenvalue weighted by molar-refractivity contribution is 5.97. The van der Waals surface area contributed by atoms with Crippen LogP contribution in [0, 0.1) is 0 Å². The number of nitrogens with zero attached hydrogens (tertiary/aromatic N) is 2. The summed E-state index contributed by atoms with van der Waals surface area (Å²) >= 11 is 0. The van der Waals surface area contributed by atoms with Crippen LogP contribution in [0.3, 0.4) is 0 Å². The number of aromatic nitrogens is 2. The zero-order valence-electron chi connectivity index (χ0n) is 10.9. The third-order valence-corrected chi connectivity index (χ3v) is 3.15. The molecule has 0 bridgehead atoms. The highest BCUT2D eigenvalue weighted by atomic mass is 16.1. The Morgan fingerprint density at radius 3 is 2.56 bits per heavy atom. The lowest BCUT2D eigenvalue weighted by Crippen LogP contribution is -2.09. The maximum Gasteiger partial charge on any atom is 0.170 e. The SMILES string of the molecule is CCc1ccc(C(=O)Cc2nccn2CC)cc1. The summed E-state index contributed by atoms with van der Waals surface area (Å²) in [5, 5.41) is 0. The first-order chi connectivity index (χ1) is 8.74. The van der Waals surface area contributed by atoms with E-state index in [-0.39, 0.29) is 5.78 Å². The standard InChI is InChI=1S/C15H18N2O/c1-3-12-5-7-13(8-6-12)14(18)11-15-16-9-10-17(15)4-2/h5-10H,3-4,11H2,1-2H3. The number of Topliss-reactive ketones (excluding diaryl/α,β-unsaturated/α-hetero) is 1. The molecule has 0 saturated heterocycles. The quantitative estimate of drug-likeness (QED) is 0.756. The molecule has 0 aliphatic rings. The van der Waals surface area contributed by atoms with E-state index in [0.717, 1.165) is 24.4 Å². The van der Waals surface area contributed by atoms with Gasteiger partial charge in [-0.2, -0.15) is 0 Å². The molecule has 1 aromatic heterocycles. The fourth-order valence-corrected chi connectivity index (χ4v) is 1.97. The minimum atomic E-state index is 0.124. The summed E-state index contributed by atoms with van der Waals surface area (Å²) in [5.41, 5.74) is 2.01. The van der Waals surface area contributed by atoms with Crippen molar-refractivity contribution < 1.29 is 4.79 Å². The lowest BCUT2D eigenvalue weighted by Gasteiger charge is -2.05. The lowest BCUT2D eigenvalue weighted by atomic mass is 10.0. The Morgan fingerprint density at radius 1 is 1.22 bits per heavy atom. The molecular weight excluding hydrogens is 224 g/mol. The van der Waals surface area contributed by atoms with Crippen molar-refractivity contribution in [1.82, 2.24) is 9.55 Å². The number of ketones is 1. The van der Waals surface area contributed by atoms with E-state index in [1.165, 1.54) is 5.56 Å². The fraction of sp³-hybridized carbons (Fsp3) is 0.333. The van der Waals surface area contributed by atoms with Gasteiger partial charge in [-0.1, -0.05) is 31.2 Å². The second kappa shape index (κ2) is 5.63. The minimum Gasteiger partial charge on any atom is -0.335 e. The van der Waals surface area contributed by atoms with Crippen LogP contribution in [0.2, 0.25) is 0 Å². The fourth-order valence-electron chi connectivity index (χ4n) is 1.97. The highest BCUT2D eigenvalue weighted by Gasteiger charge is 2.10. The van der Waals surface area contributed by atoms with Crippen LogP contribution in [-0.2, 0) is 19.4 Å². The number of aryl methyl sites for hydroxylation is 2. The third-order valence-electron chi connectivity index (χ3n) is 3.15. The van der Waals surface area contributed by atoms with Crippen LogP contribution in [0.25, 0.3) is 0 Å². The topological polar surface area (TPSA) is 34.9 Å². The van der Waals surface area contributed by atoms with Gasteiger partial charge in [0.2, 0.25) is 0 Å². The van der Waals surface area contributed by atoms with Crippen LogP contribution in [0.15, 0.2) is 36.7 Å². The van der Waals surface area contributed by atoms with Gasteiger partial charge in [0.25, 0.3) is 0 Å². The molecule has 0 aliphatic heterocycles. The summed E-state index contributed by atoms with van der Waals surface area (Å²) in [6.45, 7) is 5.00. The molecule has 3 heteroatoms. The molecule has 2 aromatic rings. The predicted octanol–water partition coefficient (Wildman–Crippen LogP) is 2.89. The molecule has 0 spiro atoms. The first-order valence-corrected chi connectivity index (χ1v) is 6.36. The largest absolute Gasteiger partial charge is 0.335 e. The molecule has 0 fully saturated rings. The zero-order chi connectivity index (χ0) is 13.0. The summed E-state index contributed by atoms with van der Waals surface area (Å²) in [7, 11) is 0. The van der Waals surface area contributed by atoms with Crippen molar-refractivity contribution in [3.63, 3.8) is 0 Å². The van der Waals surface area contributed by atoms with Crippen LogP contribution in [0.1, 0.15) is 35.6 Å². The van der Waals surface area contributed by atoms with Gasteiger partial charge in [-0.15, -0.1) is 0 Å². The zero-order valence-corrected chi connectivity index (χ0v) is 10.9. The van der Waals surface area contributed by atoms with Crippen molar-refractivity contribution in [2.45, 2.75) is 33.2 Å². The summed E-state index contributed by atoms with van der Waals surface area (Å²) in [4.78, 5) is 16.4. The van der Waals surface area contributed by atoms with Gasteiger partial charge < -0.3 is 4.57 Å². The Bertz CT molecular complexity index is 526. The van der Waals surface area contributed by atoms with E-state index in [1.807, 2.05) is 42.0 Å². The number of imidazole rings is 1. The second-order valence-electron chi connectivity index (χ2n) is 4.28. The normalized spacial score (nSPS) is 10.6. The van der Waals surface area contributed by atoms with E-state index in [2.05, 4.69) is 11.9 Å². The number of benzene rings is 1. The Hall–Kier alpha value is -1.90. The van der Waals surface area contributed by atoms with Crippen molar-refractivity contribution in [3.05, 3.63) is 53.6 Å². The first-order valence-electron chi connectivity index (χ1n) is 6.36. The van der Waals surface area contributed by atoms with Gasteiger partial charge >= 0.3 is 0 Å². The molecule has 0 radical (unpaired) electrons. The number of hydrogen-bond donors (Lipinski definition) is 0. The maximum absolute atomic E-state index is 12.1.